The van der Waals surface area contributed by atoms with Crippen molar-refractivity contribution >= 4 is 17.5 Å². The van der Waals surface area contributed by atoms with Crippen LogP contribution in [-0.4, -0.2) is 21.7 Å². The molecule has 0 saturated carbocycles. The Kier molecular flexibility index (Phi) is 3.26. The van der Waals surface area contributed by atoms with Gasteiger partial charge in [-0.1, -0.05) is 0 Å². The lowest BCUT2D eigenvalue weighted by Gasteiger charge is -1.97. The summed E-state index contributed by atoms with van der Waals surface area (Å²) in [6.45, 7) is 0. The zero-order chi connectivity index (χ0) is 11.3. The second kappa shape index (κ2) is 4.64. The number of nitrogens with one attached hydrogen (secondary N) is 2. The molecule has 2 N–H and O–H groups in total. The first-order chi connectivity index (χ1) is 7.15. The van der Waals surface area contributed by atoms with Crippen molar-refractivity contribution in [1.29, 1.82) is 5.41 Å². The molecular weight excluding hydrogens is 200 g/mol. The third kappa shape index (κ3) is 2.71. The van der Waals surface area contributed by atoms with E-state index in [2.05, 4.69) is 10.3 Å². The summed E-state index contributed by atoms with van der Waals surface area (Å²) in [5.74, 6) is 1.30. The van der Waals surface area contributed by atoms with Crippen LogP contribution in [0.5, 0.6) is 0 Å². The average Bonchev–Trinajstić information content (AvgIpc) is 2.26. The summed E-state index contributed by atoms with van der Waals surface area (Å²) in [6, 6.07) is 2.40. The Morgan fingerprint density at radius 1 is 1.67 bits per heavy atom. The van der Waals surface area contributed by atoms with Crippen LogP contribution in [0, 0.1) is 15.5 Å². The van der Waals surface area contributed by atoms with E-state index in [1.165, 1.54) is 12.1 Å². The maximum atomic E-state index is 11.2. The number of carbonyl (C=O) groups excluding carboxylic acids is 1. The van der Waals surface area contributed by atoms with Crippen LogP contribution >= 0.6 is 0 Å². The molecule has 7 nitrogen and oxygen atoms in total. The van der Waals surface area contributed by atoms with E-state index in [-0.39, 0.29) is 11.4 Å². The maximum Gasteiger partial charge on any atom is 0.287 e. The molecule has 0 spiro atoms. The summed E-state index contributed by atoms with van der Waals surface area (Å²) in [6.07, 6.45) is 1.99. The first-order valence-corrected chi connectivity index (χ1v) is 3.80. The van der Waals surface area contributed by atoms with Gasteiger partial charge in [-0.3, -0.25) is 20.3 Å². The van der Waals surface area contributed by atoms with Gasteiger partial charge in [0.2, 0.25) is 0 Å². The fraction of sp³-hybridized carbons (Fsp3) is 0. The molecule has 0 aliphatic carbocycles. The molecule has 1 aromatic rings. The van der Waals surface area contributed by atoms with E-state index in [0.29, 0.717) is 0 Å². The molecule has 1 amide bonds. The number of hydrogen-bond donors (Lipinski definition) is 2. The van der Waals surface area contributed by atoms with Crippen LogP contribution in [0.4, 0.5) is 5.69 Å². The molecule has 0 atom stereocenters. The van der Waals surface area contributed by atoms with E-state index >= 15 is 0 Å². The minimum absolute atomic E-state index is 0.0344. The van der Waals surface area contributed by atoms with Crippen LogP contribution in [0.15, 0.2) is 24.5 Å². The largest absolute Gasteiger partial charge is 0.319 e. The molecule has 0 bridgehead atoms. The summed E-state index contributed by atoms with van der Waals surface area (Å²) in [5.41, 5.74) is -0.152. The van der Waals surface area contributed by atoms with Crippen molar-refractivity contribution < 1.29 is 9.72 Å². The Balaban J connectivity index is 2.84. The van der Waals surface area contributed by atoms with Gasteiger partial charge in [0.25, 0.3) is 11.6 Å². The van der Waals surface area contributed by atoms with Gasteiger partial charge >= 0.3 is 0 Å². The molecule has 1 rings (SSSR count). The molecule has 0 aromatic carbocycles. The normalized spacial score (nSPS) is 8.80. The van der Waals surface area contributed by atoms with Gasteiger partial charge in [-0.2, -0.15) is 0 Å². The second-order valence-electron chi connectivity index (χ2n) is 2.42. The maximum absolute atomic E-state index is 11.2. The Morgan fingerprint density at radius 2 is 2.40 bits per heavy atom. The first-order valence-electron chi connectivity index (χ1n) is 3.80. The predicted molar refractivity (Wildman–Crippen MR) is 50.7 cm³/mol. The van der Waals surface area contributed by atoms with E-state index in [1.807, 2.05) is 5.87 Å². The van der Waals surface area contributed by atoms with Crippen molar-refractivity contribution in [2.75, 3.05) is 0 Å². The summed E-state index contributed by atoms with van der Waals surface area (Å²) in [4.78, 5) is 24.4. The minimum Gasteiger partial charge on any atom is -0.319 e. The number of carbonyl (C=O) groups is 1. The Labute approximate surface area is 84.1 Å². The van der Waals surface area contributed by atoms with Gasteiger partial charge in [0.15, 0.2) is 0 Å². The van der Waals surface area contributed by atoms with Crippen molar-refractivity contribution in [1.82, 2.24) is 10.3 Å². The van der Waals surface area contributed by atoms with Crippen LogP contribution in [0.2, 0.25) is 0 Å². The number of aromatic nitrogens is 1. The Bertz CT molecular complexity index is 434. The highest BCUT2D eigenvalue weighted by Crippen LogP contribution is 2.08. The molecule has 1 aromatic heterocycles. The van der Waals surface area contributed by atoms with Crippen LogP contribution in [0.1, 0.15) is 10.5 Å². The van der Waals surface area contributed by atoms with Gasteiger partial charge < -0.3 is 5.32 Å². The van der Waals surface area contributed by atoms with E-state index in [0.717, 1.165) is 12.4 Å². The molecule has 76 valence electrons. The highest BCUT2D eigenvalue weighted by molar-refractivity contribution is 5.93. The number of hydrogen-bond acceptors (Lipinski definition) is 5. The van der Waals surface area contributed by atoms with E-state index in [1.54, 1.807) is 0 Å². The van der Waals surface area contributed by atoms with E-state index < -0.39 is 10.8 Å². The lowest BCUT2D eigenvalue weighted by molar-refractivity contribution is -0.385. The number of rotatable bonds is 3. The van der Waals surface area contributed by atoms with Crippen molar-refractivity contribution in [3.05, 3.63) is 40.3 Å². The third-order valence-electron chi connectivity index (χ3n) is 1.47. The predicted octanol–water partition coefficient (Wildman–Crippen LogP) is 0.482. The summed E-state index contributed by atoms with van der Waals surface area (Å²) in [7, 11) is 0. The molecule has 0 aliphatic rings. The van der Waals surface area contributed by atoms with Gasteiger partial charge in [0.1, 0.15) is 11.9 Å². The highest BCUT2D eigenvalue weighted by atomic mass is 16.6. The van der Waals surface area contributed by atoms with Gasteiger partial charge in [-0.15, -0.1) is 0 Å². The molecule has 1 heterocycles. The van der Waals surface area contributed by atoms with Crippen LogP contribution < -0.4 is 5.32 Å². The monoisotopic (exact) mass is 206 g/mol. The van der Waals surface area contributed by atoms with Crippen molar-refractivity contribution in [2.24, 2.45) is 0 Å². The smallest absolute Gasteiger partial charge is 0.287 e. The standard InChI is InChI=1S/C8H6N4O3/c9-3-4-10-8(13)7-2-1-6(5-11-7)12(14)15/h1-2,4-5,9H,(H,10,13). The third-order valence-corrected chi connectivity index (χ3v) is 1.47. The van der Waals surface area contributed by atoms with Crippen LogP contribution in [0.25, 0.3) is 0 Å². The number of amides is 1. The lowest BCUT2D eigenvalue weighted by atomic mass is 10.3. The number of nitro groups is 1. The number of pyridine rings is 1. The molecule has 0 radical (unpaired) electrons. The van der Waals surface area contributed by atoms with Gasteiger partial charge in [-0.25, -0.2) is 4.98 Å². The molecule has 0 saturated heterocycles. The quantitative estimate of drug-likeness (QED) is 0.425. The molecule has 0 unspecified atom stereocenters. The fourth-order valence-corrected chi connectivity index (χ4v) is 0.804. The van der Waals surface area contributed by atoms with Gasteiger partial charge in [0, 0.05) is 6.07 Å². The zero-order valence-electron chi connectivity index (χ0n) is 7.43. The SMILES string of the molecule is N=C=CNC(=O)c1ccc([N+](=O)[O-])cn1. The van der Waals surface area contributed by atoms with Gasteiger partial charge in [0.05, 0.1) is 11.1 Å². The molecule has 7 heteroatoms. The first kappa shape index (κ1) is 10.6. The lowest BCUT2D eigenvalue weighted by Crippen LogP contribution is -2.18. The van der Waals surface area contributed by atoms with E-state index in [4.69, 9.17) is 5.41 Å². The summed E-state index contributed by atoms with van der Waals surface area (Å²) >= 11 is 0. The van der Waals surface area contributed by atoms with Crippen molar-refractivity contribution in [3.8, 4) is 0 Å². The second-order valence-corrected chi connectivity index (χ2v) is 2.42. The summed E-state index contributed by atoms with van der Waals surface area (Å²) < 4.78 is 0. The van der Waals surface area contributed by atoms with Crippen LogP contribution in [-0.2, 0) is 0 Å². The number of nitrogens with zero attached hydrogens (tertiary/aromatic N) is 2. The van der Waals surface area contributed by atoms with Gasteiger partial charge in [-0.05, 0) is 11.9 Å². The molecule has 15 heavy (non-hydrogen) atoms. The molecule has 0 aliphatic heterocycles. The zero-order valence-corrected chi connectivity index (χ0v) is 7.43. The Hall–Kier alpha value is -2.53. The minimum atomic E-state index is -0.605. The van der Waals surface area contributed by atoms with Crippen molar-refractivity contribution in [3.63, 3.8) is 0 Å². The topological polar surface area (TPSA) is 109 Å². The van der Waals surface area contributed by atoms with E-state index in [9.17, 15) is 14.9 Å². The Morgan fingerprint density at radius 3 is 2.87 bits per heavy atom. The van der Waals surface area contributed by atoms with Crippen molar-refractivity contribution in [2.45, 2.75) is 0 Å². The highest BCUT2D eigenvalue weighted by Gasteiger charge is 2.09. The average molecular weight is 206 g/mol. The molecular formula is C8H6N4O3. The molecule has 0 fully saturated rings. The fourth-order valence-electron chi connectivity index (χ4n) is 0.804. The summed E-state index contributed by atoms with van der Waals surface area (Å²) in [5, 5.41) is 19.0. The van der Waals surface area contributed by atoms with Crippen LogP contribution in [0.3, 0.4) is 0 Å².